The van der Waals surface area contributed by atoms with Crippen molar-refractivity contribution in [3.05, 3.63) is 35.4 Å². The molecule has 0 aliphatic carbocycles. The predicted octanol–water partition coefficient (Wildman–Crippen LogP) is 1.99. The number of ether oxygens (including phenoxy) is 2. The Balaban J connectivity index is 2.02. The molecule has 0 aromatic heterocycles. The van der Waals surface area contributed by atoms with E-state index < -0.39 is 0 Å². The highest BCUT2D eigenvalue weighted by atomic mass is 16.5. The number of methoxy groups -OCH3 is 2. The third-order valence-corrected chi connectivity index (χ3v) is 4.09. The molecule has 2 rings (SSSR count). The first-order chi connectivity index (χ1) is 9.76. The number of nitrogens with zero attached hydrogens (tertiary/aromatic N) is 1. The van der Waals surface area contributed by atoms with Crippen LogP contribution in [0.4, 0.5) is 0 Å². The van der Waals surface area contributed by atoms with Gasteiger partial charge in [-0.15, -0.1) is 0 Å². The van der Waals surface area contributed by atoms with E-state index in [0.29, 0.717) is 12.6 Å². The first-order valence-corrected chi connectivity index (χ1v) is 7.32. The van der Waals surface area contributed by atoms with Gasteiger partial charge in [-0.3, -0.25) is 4.90 Å². The predicted molar refractivity (Wildman–Crippen MR) is 80.9 cm³/mol. The van der Waals surface area contributed by atoms with Gasteiger partial charge >= 0.3 is 0 Å². The first kappa shape index (κ1) is 15.4. The lowest BCUT2D eigenvalue weighted by molar-refractivity contribution is 0.0274. The molecular formula is C16H26N2O2. The maximum Gasteiger partial charge on any atom is 0.105 e. The topological polar surface area (TPSA) is 33.7 Å². The smallest absolute Gasteiger partial charge is 0.105 e. The van der Waals surface area contributed by atoms with Gasteiger partial charge in [0, 0.05) is 46.4 Å². The van der Waals surface area contributed by atoms with Crippen molar-refractivity contribution >= 4 is 0 Å². The van der Waals surface area contributed by atoms with Crippen molar-refractivity contribution in [1.29, 1.82) is 0 Å². The molecule has 20 heavy (non-hydrogen) atoms. The van der Waals surface area contributed by atoms with E-state index in [9.17, 15) is 0 Å². The Labute approximate surface area is 122 Å². The van der Waals surface area contributed by atoms with Gasteiger partial charge in [0.1, 0.15) is 6.10 Å². The van der Waals surface area contributed by atoms with E-state index in [0.717, 1.165) is 26.2 Å². The van der Waals surface area contributed by atoms with Crippen LogP contribution in [0.2, 0.25) is 0 Å². The fraction of sp³-hybridized carbons (Fsp3) is 0.625. The lowest BCUT2D eigenvalue weighted by Crippen LogP contribution is -2.44. The van der Waals surface area contributed by atoms with Gasteiger partial charge in [-0.05, 0) is 18.1 Å². The Hall–Kier alpha value is -0.940. The van der Waals surface area contributed by atoms with Crippen molar-refractivity contribution in [1.82, 2.24) is 10.2 Å². The van der Waals surface area contributed by atoms with E-state index in [-0.39, 0.29) is 6.10 Å². The van der Waals surface area contributed by atoms with Crippen LogP contribution in [0, 0.1) is 0 Å². The quantitative estimate of drug-likeness (QED) is 0.863. The van der Waals surface area contributed by atoms with Crippen LogP contribution in [0.3, 0.4) is 0 Å². The molecule has 1 saturated heterocycles. The summed E-state index contributed by atoms with van der Waals surface area (Å²) in [6, 6.07) is 9.20. The van der Waals surface area contributed by atoms with Gasteiger partial charge in [0.05, 0.1) is 6.61 Å². The van der Waals surface area contributed by atoms with Crippen LogP contribution in [0.25, 0.3) is 0 Å². The molecule has 0 radical (unpaired) electrons. The van der Waals surface area contributed by atoms with Gasteiger partial charge in [-0.1, -0.05) is 24.3 Å². The average molecular weight is 278 g/mol. The second kappa shape index (κ2) is 7.74. The Morgan fingerprint density at radius 3 is 2.25 bits per heavy atom. The van der Waals surface area contributed by atoms with Crippen LogP contribution < -0.4 is 5.32 Å². The number of rotatable bonds is 6. The van der Waals surface area contributed by atoms with Gasteiger partial charge in [0.2, 0.25) is 0 Å². The fourth-order valence-corrected chi connectivity index (χ4v) is 2.72. The van der Waals surface area contributed by atoms with E-state index in [4.69, 9.17) is 9.47 Å². The zero-order chi connectivity index (χ0) is 14.4. The molecule has 4 heteroatoms. The standard InChI is InChI=1S/C16H26N2O2/c1-13(18-10-8-17-9-11-18)14-4-6-15(7-5-14)16(20-3)12-19-2/h4-7,13,16-17H,8-12H2,1-3H3. The maximum atomic E-state index is 5.45. The first-order valence-electron chi connectivity index (χ1n) is 7.32. The zero-order valence-corrected chi connectivity index (χ0v) is 12.8. The molecule has 1 fully saturated rings. The molecule has 0 saturated carbocycles. The molecule has 2 unspecified atom stereocenters. The fourth-order valence-electron chi connectivity index (χ4n) is 2.72. The summed E-state index contributed by atoms with van der Waals surface area (Å²) < 4.78 is 10.6. The molecular weight excluding hydrogens is 252 g/mol. The lowest BCUT2D eigenvalue weighted by atomic mass is 10.0. The van der Waals surface area contributed by atoms with E-state index in [1.807, 2.05) is 0 Å². The second-order valence-electron chi connectivity index (χ2n) is 5.31. The van der Waals surface area contributed by atoms with Crippen molar-refractivity contribution in [3.63, 3.8) is 0 Å². The highest BCUT2D eigenvalue weighted by Crippen LogP contribution is 2.23. The van der Waals surface area contributed by atoms with Crippen molar-refractivity contribution in [2.24, 2.45) is 0 Å². The van der Waals surface area contributed by atoms with Crippen molar-refractivity contribution in [2.45, 2.75) is 19.1 Å². The third kappa shape index (κ3) is 3.79. The van der Waals surface area contributed by atoms with Gasteiger partial charge in [-0.25, -0.2) is 0 Å². The average Bonchev–Trinajstić information content (AvgIpc) is 2.53. The molecule has 1 aromatic carbocycles. The monoisotopic (exact) mass is 278 g/mol. The summed E-state index contributed by atoms with van der Waals surface area (Å²) >= 11 is 0. The van der Waals surface area contributed by atoms with Crippen LogP contribution in [-0.2, 0) is 9.47 Å². The molecule has 2 atom stereocenters. The largest absolute Gasteiger partial charge is 0.382 e. The van der Waals surface area contributed by atoms with Crippen LogP contribution in [0.15, 0.2) is 24.3 Å². The Kier molecular flexibility index (Phi) is 5.98. The summed E-state index contributed by atoms with van der Waals surface area (Å²) in [7, 11) is 3.42. The van der Waals surface area contributed by atoms with E-state index in [2.05, 4.69) is 41.4 Å². The zero-order valence-electron chi connectivity index (χ0n) is 12.8. The van der Waals surface area contributed by atoms with E-state index in [1.54, 1.807) is 14.2 Å². The maximum absolute atomic E-state index is 5.45. The SMILES string of the molecule is COCC(OC)c1ccc(C(C)N2CCNCC2)cc1. The highest BCUT2D eigenvalue weighted by Gasteiger charge is 2.18. The number of hydrogen-bond donors (Lipinski definition) is 1. The Morgan fingerprint density at radius 2 is 1.70 bits per heavy atom. The second-order valence-corrected chi connectivity index (χ2v) is 5.31. The number of piperazine rings is 1. The summed E-state index contributed by atoms with van der Waals surface area (Å²) in [6.07, 6.45) is 0.0172. The third-order valence-electron chi connectivity index (χ3n) is 4.09. The summed E-state index contributed by atoms with van der Waals surface area (Å²) in [5.41, 5.74) is 2.54. The molecule has 1 aliphatic heterocycles. The van der Waals surface area contributed by atoms with Crippen LogP contribution >= 0.6 is 0 Å². The number of hydrogen-bond acceptors (Lipinski definition) is 4. The summed E-state index contributed by atoms with van der Waals surface area (Å²) in [5.74, 6) is 0. The molecule has 1 aliphatic rings. The molecule has 4 nitrogen and oxygen atoms in total. The Bertz CT molecular complexity index is 388. The molecule has 1 N–H and O–H groups in total. The van der Waals surface area contributed by atoms with Gasteiger partial charge < -0.3 is 14.8 Å². The normalized spacial score (nSPS) is 19.8. The minimum Gasteiger partial charge on any atom is -0.382 e. The summed E-state index contributed by atoms with van der Waals surface area (Å²) in [6.45, 7) is 7.27. The van der Waals surface area contributed by atoms with Crippen molar-refractivity contribution in [2.75, 3.05) is 47.0 Å². The Morgan fingerprint density at radius 1 is 1.10 bits per heavy atom. The molecule has 1 aromatic rings. The molecule has 0 spiro atoms. The molecule has 0 bridgehead atoms. The number of nitrogens with one attached hydrogen (secondary N) is 1. The number of benzene rings is 1. The van der Waals surface area contributed by atoms with Crippen LogP contribution in [-0.4, -0.2) is 51.9 Å². The van der Waals surface area contributed by atoms with Gasteiger partial charge in [-0.2, -0.15) is 0 Å². The van der Waals surface area contributed by atoms with Crippen LogP contribution in [0.1, 0.15) is 30.2 Å². The van der Waals surface area contributed by atoms with Crippen molar-refractivity contribution < 1.29 is 9.47 Å². The minimum absolute atomic E-state index is 0.0172. The van der Waals surface area contributed by atoms with E-state index in [1.165, 1.54) is 11.1 Å². The highest BCUT2D eigenvalue weighted by molar-refractivity contribution is 5.26. The minimum atomic E-state index is 0.0172. The molecule has 1 heterocycles. The van der Waals surface area contributed by atoms with Crippen molar-refractivity contribution in [3.8, 4) is 0 Å². The summed E-state index contributed by atoms with van der Waals surface area (Å²) in [5, 5.41) is 3.39. The lowest BCUT2D eigenvalue weighted by Gasteiger charge is -2.33. The van der Waals surface area contributed by atoms with Crippen LogP contribution in [0.5, 0.6) is 0 Å². The van der Waals surface area contributed by atoms with Gasteiger partial charge in [0.15, 0.2) is 0 Å². The molecule has 0 amide bonds. The van der Waals surface area contributed by atoms with Gasteiger partial charge in [0.25, 0.3) is 0 Å². The van der Waals surface area contributed by atoms with E-state index >= 15 is 0 Å². The summed E-state index contributed by atoms with van der Waals surface area (Å²) in [4.78, 5) is 2.52. The molecule has 112 valence electrons.